The van der Waals surface area contributed by atoms with E-state index in [0.29, 0.717) is 18.8 Å². The smallest absolute Gasteiger partial charge is 0.270 e. The Kier molecular flexibility index (Phi) is 4.70. The number of hydrogen-bond donors (Lipinski definition) is 2. The molecule has 0 saturated carbocycles. The van der Waals surface area contributed by atoms with Crippen molar-refractivity contribution < 1.29 is 13.2 Å². The Bertz CT molecular complexity index is 826. The van der Waals surface area contributed by atoms with Gasteiger partial charge >= 0.3 is 0 Å². The first kappa shape index (κ1) is 16.3. The number of aromatic nitrogens is 3. The number of nitrogens with zero attached hydrogens (tertiary/aromatic N) is 3. The number of carbonyl (C=O) groups is 1. The highest BCUT2D eigenvalue weighted by Gasteiger charge is 2.28. The Morgan fingerprint density at radius 3 is 2.75 bits per heavy atom. The summed E-state index contributed by atoms with van der Waals surface area (Å²) in [5.74, 6) is 0.382. The van der Waals surface area contributed by atoms with E-state index in [1.165, 1.54) is 12.4 Å². The summed E-state index contributed by atoms with van der Waals surface area (Å²) in [5.41, 5.74) is 1.16. The molecule has 1 fully saturated rings. The van der Waals surface area contributed by atoms with Gasteiger partial charge in [0, 0.05) is 31.0 Å². The molecule has 2 aromatic rings. The normalized spacial score (nSPS) is 18.9. The molecule has 9 heteroatoms. The van der Waals surface area contributed by atoms with Gasteiger partial charge in [0.25, 0.3) is 5.91 Å². The fraction of sp³-hybridized carbons (Fsp3) is 0.333. The molecule has 0 spiro atoms. The zero-order chi connectivity index (χ0) is 17.0. The highest BCUT2D eigenvalue weighted by molar-refractivity contribution is 7.91. The minimum Gasteiger partial charge on any atom is -0.366 e. The van der Waals surface area contributed by atoms with Gasteiger partial charge in [0.15, 0.2) is 9.84 Å². The van der Waals surface area contributed by atoms with Crippen LogP contribution in [-0.4, -0.2) is 46.8 Å². The van der Waals surface area contributed by atoms with Crippen molar-refractivity contribution >= 4 is 21.6 Å². The molecule has 1 unspecified atom stereocenters. The van der Waals surface area contributed by atoms with Gasteiger partial charge in [-0.3, -0.25) is 9.78 Å². The molecule has 1 atom stereocenters. The van der Waals surface area contributed by atoms with Crippen molar-refractivity contribution in [3.05, 3.63) is 48.2 Å². The van der Waals surface area contributed by atoms with Gasteiger partial charge in [-0.1, -0.05) is 0 Å². The van der Waals surface area contributed by atoms with Crippen LogP contribution in [0.15, 0.2) is 36.9 Å². The van der Waals surface area contributed by atoms with Crippen LogP contribution in [0.5, 0.6) is 0 Å². The molecule has 1 amide bonds. The van der Waals surface area contributed by atoms with Crippen LogP contribution in [-0.2, 0) is 16.4 Å². The van der Waals surface area contributed by atoms with E-state index < -0.39 is 9.84 Å². The monoisotopic (exact) mass is 347 g/mol. The number of carbonyl (C=O) groups excluding carboxylic acids is 1. The average molecular weight is 347 g/mol. The van der Waals surface area contributed by atoms with Gasteiger partial charge in [-0.25, -0.2) is 18.4 Å². The van der Waals surface area contributed by atoms with Gasteiger partial charge in [0.1, 0.15) is 17.8 Å². The Labute approximate surface area is 139 Å². The number of pyridine rings is 1. The first-order valence-electron chi connectivity index (χ1n) is 7.48. The minimum atomic E-state index is -2.97. The zero-order valence-electron chi connectivity index (χ0n) is 12.8. The number of hydrogen-bond acceptors (Lipinski definition) is 7. The first-order chi connectivity index (χ1) is 11.5. The number of anilines is 1. The minimum absolute atomic E-state index is 0.0839. The summed E-state index contributed by atoms with van der Waals surface area (Å²) in [6, 6.07) is 4.96. The van der Waals surface area contributed by atoms with Crippen LogP contribution < -0.4 is 10.6 Å². The van der Waals surface area contributed by atoms with Crippen molar-refractivity contribution in [2.24, 2.45) is 0 Å². The SMILES string of the molecule is O=C(NCc1ccncc1)c1cc(NC2CCS(=O)(=O)C2)ncn1. The molecule has 0 aliphatic carbocycles. The van der Waals surface area contributed by atoms with E-state index in [-0.39, 0.29) is 29.1 Å². The van der Waals surface area contributed by atoms with E-state index in [9.17, 15) is 13.2 Å². The van der Waals surface area contributed by atoms with Gasteiger partial charge in [-0.2, -0.15) is 0 Å². The van der Waals surface area contributed by atoms with E-state index >= 15 is 0 Å². The highest BCUT2D eigenvalue weighted by atomic mass is 32.2. The Morgan fingerprint density at radius 1 is 1.25 bits per heavy atom. The summed E-state index contributed by atoms with van der Waals surface area (Å²) in [4.78, 5) is 24.1. The lowest BCUT2D eigenvalue weighted by Gasteiger charge is -2.12. The molecule has 2 aromatic heterocycles. The van der Waals surface area contributed by atoms with Crippen molar-refractivity contribution in [3.63, 3.8) is 0 Å². The summed E-state index contributed by atoms with van der Waals surface area (Å²) in [5, 5.41) is 5.82. The second kappa shape index (κ2) is 6.91. The summed E-state index contributed by atoms with van der Waals surface area (Å²) in [6.07, 6.45) is 5.14. The van der Waals surface area contributed by atoms with Crippen LogP contribution in [0.1, 0.15) is 22.5 Å². The van der Waals surface area contributed by atoms with Crippen LogP contribution >= 0.6 is 0 Å². The third kappa shape index (κ3) is 4.25. The Balaban J connectivity index is 1.61. The Hall–Kier alpha value is -2.55. The second-order valence-electron chi connectivity index (χ2n) is 5.57. The summed E-state index contributed by atoms with van der Waals surface area (Å²) < 4.78 is 23.0. The van der Waals surface area contributed by atoms with Crippen LogP contribution in [0.25, 0.3) is 0 Å². The number of sulfone groups is 1. The zero-order valence-corrected chi connectivity index (χ0v) is 13.7. The highest BCUT2D eigenvalue weighted by Crippen LogP contribution is 2.16. The molecular weight excluding hydrogens is 330 g/mol. The van der Waals surface area contributed by atoms with Crippen LogP contribution in [0.2, 0.25) is 0 Å². The molecule has 1 saturated heterocycles. The molecular formula is C15H17N5O3S. The average Bonchev–Trinajstić information content (AvgIpc) is 2.92. The van der Waals surface area contributed by atoms with Gasteiger partial charge in [-0.15, -0.1) is 0 Å². The molecule has 0 radical (unpaired) electrons. The van der Waals surface area contributed by atoms with E-state index in [2.05, 4.69) is 25.6 Å². The molecule has 2 N–H and O–H groups in total. The van der Waals surface area contributed by atoms with Gasteiger partial charge in [0.2, 0.25) is 0 Å². The fourth-order valence-electron chi connectivity index (χ4n) is 2.45. The molecule has 24 heavy (non-hydrogen) atoms. The largest absolute Gasteiger partial charge is 0.366 e. The molecule has 1 aliphatic rings. The van der Waals surface area contributed by atoms with E-state index in [1.807, 2.05) is 12.1 Å². The lowest BCUT2D eigenvalue weighted by atomic mass is 10.2. The van der Waals surface area contributed by atoms with Crippen molar-refractivity contribution in [1.82, 2.24) is 20.3 Å². The van der Waals surface area contributed by atoms with Crippen LogP contribution in [0.4, 0.5) is 5.82 Å². The topological polar surface area (TPSA) is 114 Å². The van der Waals surface area contributed by atoms with Gasteiger partial charge in [-0.05, 0) is 24.1 Å². The molecule has 3 rings (SSSR count). The van der Waals surface area contributed by atoms with E-state index in [0.717, 1.165) is 5.56 Å². The third-order valence-electron chi connectivity index (χ3n) is 3.69. The Morgan fingerprint density at radius 2 is 2.04 bits per heavy atom. The van der Waals surface area contributed by atoms with Crippen molar-refractivity contribution in [1.29, 1.82) is 0 Å². The van der Waals surface area contributed by atoms with Crippen molar-refractivity contribution in [2.75, 3.05) is 16.8 Å². The van der Waals surface area contributed by atoms with Crippen LogP contribution in [0.3, 0.4) is 0 Å². The summed E-state index contributed by atoms with van der Waals surface area (Å²) >= 11 is 0. The maximum Gasteiger partial charge on any atom is 0.270 e. The second-order valence-corrected chi connectivity index (χ2v) is 7.80. The summed E-state index contributed by atoms with van der Waals surface area (Å²) in [7, 11) is -2.97. The van der Waals surface area contributed by atoms with Gasteiger partial charge < -0.3 is 10.6 Å². The fourth-order valence-corrected chi connectivity index (χ4v) is 4.13. The van der Waals surface area contributed by atoms with Crippen LogP contribution in [0, 0.1) is 0 Å². The third-order valence-corrected chi connectivity index (χ3v) is 5.45. The molecule has 0 bridgehead atoms. The van der Waals surface area contributed by atoms with E-state index in [4.69, 9.17) is 0 Å². The predicted octanol–water partition coefficient (Wildman–Crippen LogP) is 0.401. The molecule has 126 valence electrons. The molecule has 3 heterocycles. The number of amides is 1. The summed E-state index contributed by atoms with van der Waals surface area (Å²) in [6.45, 7) is 0.370. The maximum absolute atomic E-state index is 12.2. The van der Waals surface area contributed by atoms with Crippen molar-refractivity contribution in [2.45, 2.75) is 19.0 Å². The lowest BCUT2D eigenvalue weighted by molar-refractivity contribution is 0.0945. The maximum atomic E-state index is 12.2. The lowest BCUT2D eigenvalue weighted by Crippen LogP contribution is -2.25. The standard InChI is InChI=1S/C15H17N5O3S/c21-15(17-8-11-1-4-16-5-2-11)13-7-14(19-10-18-13)20-12-3-6-24(22,23)9-12/h1-2,4-5,7,10,12H,3,6,8-9H2,(H,17,21)(H,18,19,20). The van der Waals surface area contributed by atoms with Gasteiger partial charge in [0.05, 0.1) is 11.5 Å². The predicted molar refractivity (Wildman–Crippen MR) is 88.1 cm³/mol. The number of nitrogens with one attached hydrogen (secondary N) is 2. The molecule has 8 nitrogen and oxygen atoms in total. The van der Waals surface area contributed by atoms with Crippen molar-refractivity contribution in [3.8, 4) is 0 Å². The number of rotatable bonds is 5. The molecule has 0 aromatic carbocycles. The van der Waals surface area contributed by atoms with E-state index in [1.54, 1.807) is 12.4 Å². The molecule has 1 aliphatic heterocycles. The first-order valence-corrected chi connectivity index (χ1v) is 9.30. The quantitative estimate of drug-likeness (QED) is 0.804.